The van der Waals surface area contributed by atoms with Crippen LogP contribution in [-0.4, -0.2) is 11.1 Å². The van der Waals surface area contributed by atoms with Gasteiger partial charge in [-0.25, -0.2) is 4.79 Å². The molecule has 5 rings (SSSR count). The smallest absolute Gasteiger partial charge is 0.349 e. The molecule has 36 heavy (non-hydrogen) atoms. The quantitative estimate of drug-likeness (QED) is 0.272. The van der Waals surface area contributed by atoms with Crippen molar-refractivity contribution in [2.45, 2.75) is 55.9 Å². The van der Waals surface area contributed by atoms with E-state index in [9.17, 15) is 9.90 Å². The van der Waals surface area contributed by atoms with Gasteiger partial charge in [0.25, 0.3) is 0 Å². The second kappa shape index (κ2) is 9.55. The van der Waals surface area contributed by atoms with E-state index < -0.39 is 11.6 Å². The van der Waals surface area contributed by atoms with Crippen LogP contribution in [0.2, 0.25) is 0 Å². The first kappa shape index (κ1) is 24.3. The number of furan rings is 1. The Balaban J connectivity index is 1.53. The van der Waals surface area contributed by atoms with Crippen molar-refractivity contribution in [2.75, 3.05) is 0 Å². The van der Waals surface area contributed by atoms with Gasteiger partial charge in [0.15, 0.2) is 0 Å². The predicted molar refractivity (Wildman–Crippen MR) is 144 cm³/mol. The van der Waals surface area contributed by atoms with Crippen LogP contribution >= 0.6 is 11.8 Å². The number of hydrogen-bond donors (Lipinski definition) is 1. The second-order valence-corrected chi connectivity index (χ2v) is 11.3. The summed E-state index contributed by atoms with van der Waals surface area (Å²) in [5.74, 6) is 0.329. The van der Waals surface area contributed by atoms with Gasteiger partial charge in [0.05, 0.1) is 11.3 Å². The number of ether oxygens (including phenoxy) is 1. The fourth-order valence-electron chi connectivity index (χ4n) is 4.73. The number of aliphatic hydroxyl groups excluding tert-OH is 1. The Hall–Kier alpha value is -3.44. The zero-order valence-corrected chi connectivity index (χ0v) is 21.6. The van der Waals surface area contributed by atoms with Crippen molar-refractivity contribution in [3.63, 3.8) is 0 Å². The maximum atomic E-state index is 13.5. The molecule has 0 aliphatic carbocycles. The molecule has 4 aromatic rings. The van der Waals surface area contributed by atoms with Gasteiger partial charge in [0.1, 0.15) is 27.6 Å². The molecule has 4 nitrogen and oxygen atoms in total. The Kier molecular flexibility index (Phi) is 6.44. The molecule has 1 atom stereocenters. The molecule has 0 fully saturated rings. The fourth-order valence-corrected chi connectivity index (χ4v) is 5.96. The molecule has 3 aromatic carbocycles. The first-order valence-electron chi connectivity index (χ1n) is 12.2. The standard InChI is InChI=1S/C31H30O4S/c1-30(2,3)28-26(23-16-10-11-17-25(23)34-28)36-27-24(32)20-31(35-29(27)33,22-14-8-5-9-15-22)19-18-21-12-6-4-7-13-21/h4-17,32H,18-20H2,1-3H3. The summed E-state index contributed by atoms with van der Waals surface area (Å²) >= 11 is 1.24. The lowest BCUT2D eigenvalue weighted by Crippen LogP contribution is -2.38. The highest BCUT2D eigenvalue weighted by Gasteiger charge is 2.44. The minimum absolute atomic E-state index is 0.0540. The van der Waals surface area contributed by atoms with Gasteiger partial charge >= 0.3 is 5.97 Å². The summed E-state index contributed by atoms with van der Waals surface area (Å²) in [7, 11) is 0. The zero-order valence-electron chi connectivity index (χ0n) is 20.8. The summed E-state index contributed by atoms with van der Waals surface area (Å²) in [6.45, 7) is 6.23. The van der Waals surface area contributed by atoms with Gasteiger partial charge in [-0.1, -0.05) is 105 Å². The normalized spacial score (nSPS) is 18.5. The molecule has 2 heterocycles. The number of rotatable bonds is 6. The fraction of sp³-hybridized carbons (Fsp3) is 0.258. The van der Waals surface area contributed by atoms with Gasteiger partial charge in [-0.3, -0.25) is 0 Å². The number of carbonyl (C=O) groups excluding carboxylic acids is 1. The van der Waals surface area contributed by atoms with Crippen LogP contribution in [0.25, 0.3) is 11.0 Å². The van der Waals surface area contributed by atoms with E-state index in [0.29, 0.717) is 6.42 Å². The van der Waals surface area contributed by atoms with Crippen LogP contribution in [0.3, 0.4) is 0 Å². The summed E-state index contributed by atoms with van der Waals surface area (Å²) in [5, 5.41) is 12.2. The lowest BCUT2D eigenvalue weighted by Gasteiger charge is -2.37. The Labute approximate surface area is 216 Å². The highest BCUT2D eigenvalue weighted by atomic mass is 32.2. The maximum absolute atomic E-state index is 13.5. The number of carbonyl (C=O) groups is 1. The van der Waals surface area contributed by atoms with Crippen molar-refractivity contribution in [3.05, 3.63) is 112 Å². The van der Waals surface area contributed by atoms with Crippen molar-refractivity contribution in [2.24, 2.45) is 0 Å². The number of para-hydroxylation sites is 1. The number of hydrogen-bond acceptors (Lipinski definition) is 5. The number of aryl methyl sites for hydroxylation is 1. The first-order valence-corrected chi connectivity index (χ1v) is 13.0. The molecule has 1 unspecified atom stereocenters. The molecule has 1 N–H and O–H groups in total. The molecule has 0 radical (unpaired) electrons. The van der Waals surface area contributed by atoms with E-state index in [-0.39, 0.29) is 22.5 Å². The molecule has 0 spiro atoms. The number of cyclic esters (lactones) is 1. The molecule has 0 bridgehead atoms. The van der Waals surface area contributed by atoms with Crippen molar-refractivity contribution in [1.82, 2.24) is 0 Å². The van der Waals surface area contributed by atoms with E-state index in [0.717, 1.165) is 39.2 Å². The van der Waals surface area contributed by atoms with Crippen LogP contribution < -0.4 is 0 Å². The van der Waals surface area contributed by atoms with Crippen LogP contribution in [0.4, 0.5) is 0 Å². The van der Waals surface area contributed by atoms with Crippen LogP contribution in [0.15, 0.2) is 105 Å². The molecule has 1 aliphatic rings. The zero-order chi connectivity index (χ0) is 25.3. The third-order valence-electron chi connectivity index (χ3n) is 6.58. The summed E-state index contributed by atoms with van der Waals surface area (Å²) in [4.78, 5) is 14.6. The molecule has 184 valence electrons. The minimum atomic E-state index is -0.937. The molecule has 5 heteroatoms. The van der Waals surface area contributed by atoms with Gasteiger partial charge in [-0.2, -0.15) is 0 Å². The molecule has 0 saturated heterocycles. The minimum Gasteiger partial charge on any atom is -0.511 e. The Morgan fingerprint density at radius 3 is 2.22 bits per heavy atom. The Bertz CT molecular complexity index is 1410. The molecule has 0 amide bonds. The van der Waals surface area contributed by atoms with E-state index in [2.05, 4.69) is 32.9 Å². The number of fused-ring (bicyclic) bond motifs is 1. The van der Waals surface area contributed by atoms with Gasteiger partial charge in [-0.05, 0) is 36.1 Å². The SMILES string of the molecule is CC(C)(C)c1oc2ccccc2c1SC1=C(O)CC(CCc2ccccc2)(c2ccccc2)OC1=O. The van der Waals surface area contributed by atoms with Crippen molar-refractivity contribution in [1.29, 1.82) is 0 Å². The molecule has 1 aromatic heterocycles. The lowest BCUT2D eigenvalue weighted by atomic mass is 9.82. The average Bonchev–Trinajstić information content (AvgIpc) is 3.25. The topological polar surface area (TPSA) is 59.7 Å². The maximum Gasteiger partial charge on any atom is 0.349 e. The molecular formula is C31H30O4S. The average molecular weight is 499 g/mol. The molecule has 1 aliphatic heterocycles. The van der Waals surface area contributed by atoms with Crippen LogP contribution in [0, 0.1) is 0 Å². The first-order chi connectivity index (χ1) is 17.3. The van der Waals surface area contributed by atoms with Crippen molar-refractivity contribution in [3.8, 4) is 0 Å². The van der Waals surface area contributed by atoms with Crippen LogP contribution in [0.1, 0.15) is 50.5 Å². The lowest BCUT2D eigenvalue weighted by molar-refractivity contribution is -0.160. The van der Waals surface area contributed by atoms with E-state index in [4.69, 9.17) is 9.15 Å². The number of aliphatic hydroxyl groups is 1. The Morgan fingerprint density at radius 1 is 0.917 bits per heavy atom. The number of thioether (sulfide) groups is 1. The van der Waals surface area contributed by atoms with Crippen molar-refractivity contribution < 1.29 is 19.1 Å². The third-order valence-corrected chi connectivity index (χ3v) is 7.80. The largest absolute Gasteiger partial charge is 0.511 e. The predicted octanol–water partition coefficient (Wildman–Crippen LogP) is 8.07. The highest BCUT2D eigenvalue weighted by Crippen LogP contribution is 2.48. The van der Waals surface area contributed by atoms with Gasteiger partial charge in [0.2, 0.25) is 0 Å². The van der Waals surface area contributed by atoms with E-state index >= 15 is 0 Å². The van der Waals surface area contributed by atoms with Gasteiger partial charge in [0, 0.05) is 10.8 Å². The highest BCUT2D eigenvalue weighted by molar-refractivity contribution is 8.04. The van der Waals surface area contributed by atoms with E-state index in [1.54, 1.807) is 0 Å². The summed E-state index contributed by atoms with van der Waals surface area (Å²) < 4.78 is 12.4. The Morgan fingerprint density at radius 2 is 1.56 bits per heavy atom. The summed E-state index contributed by atoms with van der Waals surface area (Å²) in [5.41, 5.74) is 1.59. The van der Waals surface area contributed by atoms with Crippen molar-refractivity contribution >= 4 is 28.7 Å². The van der Waals surface area contributed by atoms with Crippen LogP contribution in [0.5, 0.6) is 0 Å². The number of benzene rings is 3. The van der Waals surface area contributed by atoms with Gasteiger partial charge < -0.3 is 14.3 Å². The second-order valence-electron chi connectivity index (χ2n) is 10.3. The molecule has 0 saturated carbocycles. The van der Waals surface area contributed by atoms with Crippen LogP contribution in [-0.2, 0) is 27.0 Å². The molecular weight excluding hydrogens is 468 g/mol. The number of esters is 1. The summed E-state index contributed by atoms with van der Waals surface area (Å²) in [6, 6.07) is 27.7. The van der Waals surface area contributed by atoms with E-state index in [1.165, 1.54) is 11.8 Å². The van der Waals surface area contributed by atoms with E-state index in [1.807, 2.05) is 72.8 Å². The summed E-state index contributed by atoms with van der Waals surface area (Å²) in [6.07, 6.45) is 1.51. The third kappa shape index (κ3) is 4.68. The van der Waals surface area contributed by atoms with Gasteiger partial charge in [-0.15, -0.1) is 0 Å². The monoisotopic (exact) mass is 498 g/mol.